The molecule has 1 saturated heterocycles. The fourth-order valence-electron chi connectivity index (χ4n) is 3.18. The van der Waals surface area contributed by atoms with Gasteiger partial charge in [0.2, 0.25) is 5.91 Å². The fourth-order valence-corrected chi connectivity index (χ4v) is 4.85. The summed E-state index contributed by atoms with van der Waals surface area (Å²) in [6.45, 7) is 0.0905. The second-order valence-electron chi connectivity index (χ2n) is 7.06. The van der Waals surface area contributed by atoms with Gasteiger partial charge in [-0.2, -0.15) is 0 Å². The summed E-state index contributed by atoms with van der Waals surface area (Å²) in [4.78, 5) is 25.0. The van der Waals surface area contributed by atoms with Crippen LogP contribution in [0, 0.1) is 0 Å². The zero-order chi connectivity index (χ0) is 20.7. The maximum atomic E-state index is 12.7. The van der Waals surface area contributed by atoms with E-state index in [1.165, 1.54) is 0 Å². The number of hydrogen-bond donors (Lipinski definition) is 2. The molecule has 1 aliphatic rings. The van der Waals surface area contributed by atoms with Gasteiger partial charge >= 0.3 is 6.09 Å². The second kappa shape index (κ2) is 9.56. The van der Waals surface area contributed by atoms with Gasteiger partial charge in [0.1, 0.15) is 12.6 Å². The first-order chi connectivity index (χ1) is 13.9. The molecule has 29 heavy (non-hydrogen) atoms. The third-order valence-electron chi connectivity index (χ3n) is 4.68. The zero-order valence-electron chi connectivity index (χ0n) is 15.9. The van der Waals surface area contributed by atoms with Gasteiger partial charge in [0.15, 0.2) is 9.84 Å². The van der Waals surface area contributed by atoms with Gasteiger partial charge in [-0.25, -0.2) is 13.2 Å². The van der Waals surface area contributed by atoms with Crippen molar-refractivity contribution in [1.82, 2.24) is 10.6 Å². The van der Waals surface area contributed by atoms with Crippen LogP contribution in [0.5, 0.6) is 0 Å². The molecule has 3 rings (SSSR count). The van der Waals surface area contributed by atoms with Crippen LogP contribution >= 0.6 is 0 Å². The van der Waals surface area contributed by atoms with Crippen molar-refractivity contribution in [1.29, 1.82) is 0 Å². The molecule has 0 saturated carbocycles. The Morgan fingerprint density at radius 1 is 1.00 bits per heavy atom. The third kappa shape index (κ3) is 6.60. The number of amides is 2. The highest BCUT2D eigenvalue weighted by Gasteiger charge is 2.31. The van der Waals surface area contributed by atoms with E-state index in [4.69, 9.17) is 4.74 Å². The Hall–Kier alpha value is -2.87. The summed E-state index contributed by atoms with van der Waals surface area (Å²) in [5, 5.41) is 5.35. The quantitative estimate of drug-likeness (QED) is 0.717. The van der Waals surface area contributed by atoms with Crippen molar-refractivity contribution in [3.05, 3.63) is 71.8 Å². The van der Waals surface area contributed by atoms with Crippen molar-refractivity contribution < 1.29 is 22.7 Å². The van der Waals surface area contributed by atoms with Gasteiger partial charge in [-0.15, -0.1) is 0 Å². The zero-order valence-corrected chi connectivity index (χ0v) is 16.7. The predicted molar refractivity (Wildman–Crippen MR) is 109 cm³/mol. The lowest BCUT2D eigenvalue weighted by Gasteiger charge is -2.20. The third-order valence-corrected chi connectivity index (χ3v) is 6.45. The van der Waals surface area contributed by atoms with E-state index in [9.17, 15) is 18.0 Å². The number of carbonyl (C=O) groups is 2. The summed E-state index contributed by atoms with van der Waals surface area (Å²) < 4.78 is 28.5. The molecule has 2 amide bonds. The number of carbonyl (C=O) groups excluding carboxylic acids is 2. The first-order valence-electron chi connectivity index (χ1n) is 9.43. The molecule has 154 valence electrons. The minimum absolute atomic E-state index is 0.0633. The van der Waals surface area contributed by atoms with Gasteiger partial charge in [-0.3, -0.25) is 4.79 Å². The molecule has 2 atom stereocenters. The highest BCUT2D eigenvalue weighted by atomic mass is 32.2. The van der Waals surface area contributed by atoms with Crippen LogP contribution in [-0.4, -0.2) is 44.0 Å². The largest absolute Gasteiger partial charge is 0.445 e. The van der Waals surface area contributed by atoms with Crippen LogP contribution in [0.4, 0.5) is 4.79 Å². The Labute approximate surface area is 170 Å². The van der Waals surface area contributed by atoms with Crippen molar-refractivity contribution in [2.45, 2.75) is 31.5 Å². The van der Waals surface area contributed by atoms with Crippen molar-refractivity contribution in [2.24, 2.45) is 0 Å². The summed E-state index contributed by atoms with van der Waals surface area (Å²) in [5.41, 5.74) is 1.71. The van der Waals surface area contributed by atoms with E-state index in [0.717, 1.165) is 11.1 Å². The summed E-state index contributed by atoms with van der Waals surface area (Å²) >= 11 is 0. The number of ether oxygens (including phenoxy) is 1. The second-order valence-corrected chi connectivity index (χ2v) is 9.29. The average molecular weight is 416 g/mol. The molecule has 2 aromatic carbocycles. The lowest BCUT2D eigenvalue weighted by atomic mass is 10.0. The van der Waals surface area contributed by atoms with Crippen molar-refractivity contribution in [2.75, 3.05) is 11.5 Å². The number of sulfone groups is 1. The molecule has 0 aliphatic carbocycles. The molecular weight excluding hydrogens is 392 g/mol. The highest BCUT2D eigenvalue weighted by Crippen LogP contribution is 2.12. The van der Waals surface area contributed by atoms with Crippen molar-refractivity contribution >= 4 is 21.8 Å². The van der Waals surface area contributed by atoms with Gasteiger partial charge in [-0.05, 0) is 17.5 Å². The summed E-state index contributed by atoms with van der Waals surface area (Å²) in [5.74, 6) is -0.434. The number of hydrogen-bond acceptors (Lipinski definition) is 5. The Balaban J connectivity index is 1.62. The van der Waals surface area contributed by atoms with Crippen molar-refractivity contribution in [3.8, 4) is 0 Å². The highest BCUT2D eigenvalue weighted by molar-refractivity contribution is 7.91. The SMILES string of the molecule is O=C(N[C@H](Cc1ccccc1)C(=O)N[C@H]1CCS(=O)(=O)C1)OCc1ccccc1. The number of benzene rings is 2. The maximum absolute atomic E-state index is 12.7. The lowest BCUT2D eigenvalue weighted by Crippen LogP contribution is -2.51. The van der Waals surface area contributed by atoms with Crippen LogP contribution in [-0.2, 0) is 32.4 Å². The first-order valence-corrected chi connectivity index (χ1v) is 11.3. The molecule has 1 aliphatic heterocycles. The average Bonchev–Trinajstić information content (AvgIpc) is 3.05. The van der Waals surface area contributed by atoms with Gasteiger partial charge in [-0.1, -0.05) is 60.7 Å². The van der Waals surface area contributed by atoms with E-state index >= 15 is 0 Å². The Morgan fingerprint density at radius 2 is 1.62 bits per heavy atom. The van der Waals surface area contributed by atoms with Crippen molar-refractivity contribution in [3.63, 3.8) is 0 Å². The fraction of sp³-hybridized carbons (Fsp3) is 0.333. The number of nitrogens with one attached hydrogen (secondary N) is 2. The van der Waals surface area contributed by atoms with E-state index in [1.54, 1.807) is 0 Å². The molecule has 0 bridgehead atoms. The molecule has 8 heteroatoms. The van der Waals surface area contributed by atoms with Gasteiger partial charge in [0.25, 0.3) is 0 Å². The molecule has 7 nitrogen and oxygen atoms in total. The van der Waals surface area contributed by atoms with Crippen LogP contribution in [0.3, 0.4) is 0 Å². The lowest BCUT2D eigenvalue weighted by molar-refractivity contribution is -0.123. The molecule has 0 unspecified atom stereocenters. The van der Waals surface area contributed by atoms with Crippen LogP contribution in [0.1, 0.15) is 17.5 Å². The molecule has 1 heterocycles. The molecular formula is C21H24N2O5S. The monoisotopic (exact) mass is 416 g/mol. The Bertz CT molecular complexity index is 932. The van der Waals surface area contributed by atoms with E-state index in [1.807, 2.05) is 60.7 Å². The Morgan fingerprint density at radius 3 is 2.21 bits per heavy atom. The molecule has 2 aromatic rings. The number of rotatable bonds is 7. The molecule has 2 N–H and O–H groups in total. The van der Waals surface area contributed by atoms with Crippen LogP contribution in [0.25, 0.3) is 0 Å². The standard InChI is InChI=1S/C21H24N2O5S/c24-20(22-18-11-12-29(26,27)15-18)19(13-16-7-3-1-4-8-16)23-21(25)28-14-17-9-5-2-6-10-17/h1-10,18-19H,11-15H2,(H,22,24)(H,23,25)/t18-,19+/m0/s1. The van der Waals surface area contributed by atoms with Gasteiger partial charge in [0, 0.05) is 12.5 Å². The minimum Gasteiger partial charge on any atom is -0.445 e. The normalized spacial score (nSPS) is 18.6. The summed E-state index contributed by atoms with van der Waals surface area (Å²) in [7, 11) is -3.11. The molecule has 0 radical (unpaired) electrons. The van der Waals surface area contributed by atoms with Gasteiger partial charge < -0.3 is 15.4 Å². The first kappa shape index (κ1) is 20.9. The van der Waals surface area contributed by atoms with E-state index in [2.05, 4.69) is 10.6 Å². The maximum Gasteiger partial charge on any atom is 0.408 e. The smallest absolute Gasteiger partial charge is 0.408 e. The topological polar surface area (TPSA) is 102 Å². The molecule has 1 fully saturated rings. The van der Waals surface area contributed by atoms with E-state index in [0.29, 0.717) is 6.42 Å². The summed E-state index contributed by atoms with van der Waals surface area (Å²) in [6, 6.07) is 17.2. The molecule has 0 spiro atoms. The predicted octanol–water partition coefficient (Wildman–Crippen LogP) is 1.83. The van der Waals surface area contributed by atoms with E-state index < -0.39 is 33.9 Å². The Kier molecular flexibility index (Phi) is 6.87. The van der Waals surface area contributed by atoms with Crippen LogP contribution in [0.2, 0.25) is 0 Å². The van der Waals surface area contributed by atoms with Gasteiger partial charge in [0.05, 0.1) is 11.5 Å². The summed E-state index contributed by atoms with van der Waals surface area (Å²) in [6.07, 6.45) is -0.0547. The van der Waals surface area contributed by atoms with Crippen LogP contribution < -0.4 is 10.6 Å². The number of alkyl carbamates (subject to hydrolysis) is 1. The molecule has 0 aromatic heterocycles. The van der Waals surface area contributed by atoms with Crippen LogP contribution in [0.15, 0.2) is 60.7 Å². The minimum atomic E-state index is -3.11. The van der Waals surface area contributed by atoms with E-state index in [-0.39, 0.29) is 24.5 Å².